The maximum absolute atomic E-state index is 12.0. The first kappa shape index (κ1) is 18.9. The van der Waals surface area contributed by atoms with Gasteiger partial charge in [0.15, 0.2) is 9.84 Å². The number of carbonyl (C=O) groups is 2. The van der Waals surface area contributed by atoms with E-state index in [0.29, 0.717) is 24.5 Å². The fraction of sp³-hybridized carbons (Fsp3) is 0.263. The summed E-state index contributed by atoms with van der Waals surface area (Å²) in [6, 6.07) is 15.9. The van der Waals surface area contributed by atoms with Gasteiger partial charge in [-0.05, 0) is 36.2 Å². The van der Waals surface area contributed by atoms with Crippen LogP contribution in [0.15, 0.2) is 54.6 Å². The Morgan fingerprint density at radius 3 is 2.33 bits per heavy atom. The molecule has 0 bridgehead atoms. The maximum Gasteiger partial charge on any atom is 0.313 e. The first-order chi connectivity index (χ1) is 12.9. The average molecular weight is 388 g/mol. The van der Waals surface area contributed by atoms with Gasteiger partial charge in [-0.3, -0.25) is 9.59 Å². The molecule has 0 saturated carbocycles. The average Bonchev–Trinajstić information content (AvgIpc) is 3.00. The van der Waals surface area contributed by atoms with E-state index in [0.717, 1.165) is 5.56 Å². The third-order valence-electron chi connectivity index (χ3n) is 4.13. The Morgan fingerprint density at radius 1 is 1.00 bits per heavy atom. The predicted octanol–water partition coefficient (Wildman–Crippen LogP) is 1.51. The molecule has 2 N–H and O–H groups in total. The van der Waals surface area contributed by atoms with E-state index in [-0.39, 0.29) is 11.5 Å². The molecule has 8 heteroatoms. The summed E-state index contributed by atoms with van der Waals surface area (Å²) >= 11 is 0. The minimum Gasteiger partial charge on any atom is -0.489 e. The lowest BCUT2D eigenvalue weighted by atomic mass is 10.2. The highest BCUT2D eigenvalue weighted by atomic mass is 32.2. The summed E-state index contributed by atoms with van der Waals surface area (Å²) in [5, 5.41) is 4.93. The molecule has 1 atom stereocenters. The van der Waals surface area contributed by atoms with E-state index in [1.807, 2.05) is 30.3 Å². The van der Waals surface area contributed by atoms with E-state index in [9.17, 15) is 18.0 Å². The van der Waals surface area contributed by atoms with Crippen molar-refractivity contribution in [3.8, 4) is 5.75 Å². The normalized spacial score (nSPS) is 17.9. The van der Waals surface area contributed by atoms with Gasteiger partial charge in [0, 0.05) is 11.7 Å². The van der Waals surface area contributed by atoms with Gasteiger partial charge >= 0.3 is 11.8 Å². The molecule has 2 amide bonds. The lowest BCUT2D eigenvalue weighted by Crippen LogP contribution is -2.42. The molecule has 2 aromatic carbocycles. The van der Waals surface area contributed by atoms with Gasteiger partial charge in [0.25, 0.3) is 0 Å². The summed E-state index contributed by atoms with van der Waals surface area (Å²) in [5.74, 6) is -1.14. The number of rotatable bonds is 5. The number of ether oxygens (including phenoxy) is 1. The van der Waals surface area contributed by atoms with Crippen molar-refractivity contribution in [1.29, 1.82) is 0 Å². The van der Waals surface area contributed by atoms with Crippen molar-refractivity contribution in [2.75, 3.05) is 16.8 Å². The van der Waals surface area contributed by atoms with Crippen LogP contribution in [0, 0.1) is 0 Å². The van der Waals surface area contributed by atoms with Crippen LogP contribution in [0.3, 0.4) is 0 Å². The van der Waals surface area contributed by atoms with Crippen molar-refractivity contribution in [2.24, 2.45) is 0 Å². The summed E-state index contributed by atoms with van der Waals surface area (Å²) < 4.78 is 28.4. The summed E-state index contributed by atoms with van der Waals surface area (Å²) in [6.07, 6.45) is 0.328. The maximum atomic E-state index is 12.0. The number of nitrogens with one attached hydrogen (secondary N) is 2. The number of amides is 2. The van der Waals surface area contributed by atoms with Crippen LogP contribution in [-0.2, 0) is 26.0 Å². The van der Waals surface area contributed by atoms with E-state index < -0.39 is 27.7 Å². The molecule has 27 heavy (non-hydrogen) atoms. The summed E-state index contributed by atoms with van der Waals surface area (Å²) in [7, 11) is -3.12. The van der Waals surface area contributed by atoms with Gasteiger partial charge in [-0.25, -0.2) is 8.42 Å². The van der Waals surface area contributed by atoms with Crippen LogP contribution in [0.4, 0.5) is 5.69 Å². The molecule has 0 aromatic heterocycles. The Hall–Kier alpha value is -2.87. The zero-order valence-corrected chi connectivity index (χ0v) is 15.4. The molecular weight excluding hydrogens is 368 g/mol. The van der Waals surface area contributed by atoms with Crippen LogP contribution >= 0.6 is 0 Å². The van der Waals surface area contributed by atoms with E-state index in [1.54, 1.807) is 24.3 Å². The molecule has 0 radical (unpaired) electrons. The van der Waals surface area contributed by atoms with Crippen molar-refractivity contribution >= 4 is 27.3 Å². The first-order valence-corrected chi connectivity index (χ1v) is 10.3. The molecule has 3 rings (SSSR count). The largest absolute Gasteiger partial charge is 0.489 e. The molecule has 1 aliphatic rings. The first-order valence-electron chi connectivity index (χ1n) is 8.50. The third-order valence-corrected chi connectivity index (χ3v) is 5.90. The molecule has 142 valence electrons. The van der Waals surface area contributed by atoms with Crippen molar-refractivity contribution < 1.29 is 22.7 Å². The van der Waals surface area contributed by atoms with Crippen molar-refractivity contribution in [3.05, 3.63) is 60.2 Å². The second-order valence-corrected chi connectivity index (χ2v) is 8.55. The van der Waals surface area contributed by atoms with Crippen molar-refractivity contribution in [1.82, 2.24) is 5.32 Å². The molecule has 1 saturated heterocycles. The summed E-state index contributed by atoms with van der Waals surface area (Å²) in [4.78, 5) is 23.9. The minimum absolute atomic E-state index is 0.0318. The Balaban J connectivity index is 1.48. The molecule has 1 heterocycles. The fourth-order valence-corrected chi connectivity index (χ4v) is 4.40. The highest BCUT2D eigenvalue weighted by Gasteiger charge is 2.30. The zero-order valence-electron chi connectivity index (χ0n) is 14.6. The molecule has 0 aliphatic carbocycles. The van der Waals surface area contributed by atoms with Crippen molar-refractivity contribution in [3.63, 3.8) is 0 Å². The quantitative estimate of drug-likeness (QED) is 0.756. The Labute approximate surface area is 157 Å². The molecule has 1 unspecified atom stereocenters. The summed E-state index contributed by atoms with van der Waals surface area (Å²) in [6.45, 7) is 0.430. The van der Waals surface area contributed by atoms with Crippen LogP contribution in [0.2, 0.25) is 0 Å². The smallest absolute Gasteiger partial charge is 0.313 e. The topological polar surface area (TPSA) is 102 Å². The van der Waals surface area contributed by atoms with Gasteiger partial charge in [-0.1, -0.05) is 30.3 Å². The van der Waals surface area contributed by atoms with Crippen LogP contribution in [0.5, 0.6) is 5.75 Å². The number of benzene rings is 2. The standard InChI is InChI=1S/C19H20N2O5S/c22-18(19(23)21-16-10-11-27(24,25)13-16)20-15-6-8-17(9-7-15)26-12-14-4-2-1-3-5-14/h1-9,16H,10-13H2,(H,20,22)(H,21,23). The Bertz CT molecular complexity index is 911. The SMILES string of the molecule is O=C(Nc1ccc(OCc2ccccc2)cc1)C(=O)NC1CCS(=O)(=O)C1. The van der Waals surface area contributed by atoms with Crippen LogP contribution in [0.25, 0.3) is 0 Å². The van der Waals surface area contributed by atoms with Gasteiger partial charge < -0.3 is 15.4 Å². The minimum atomic E-state index is -3.12. The number of hydrogen-bond acceptors (Lipinski definition) is 5. The van der Waals surface area contributed by atoms with Gasteiger partial charge in [0.2, 0.25) is 0 Å². The lowest BCUT2D eigenvalue weighted by Gasteiger charge is -2.11. The lowest BCUT2D eigenvalue weighted by molar-refractivity contribution is -0.136. The fourth-order valence-electron chi connectivity index (χ4n) is 2.72. The third kappa shape index (κ3) is 5.55. The van der Waals surface area contributed by atoms with E-state index in [2.05, 4.69) is 10.6 Å². The Kier molecular flexibility index (Phi) is 5.75. The number of sulfone groups is 1. The van der Waals surface area contributed by atoms with Gasteiger partial charge in [0.05, 0.1) is 11.5 Å². The predicted molar refractivity (Wildman–Crippen MR) is 101 cm³/mol. The molecule has 1 aliphatic heterocycles. The number of anilines is 1. The van der Waals surface area contributed by atoms with E-state index in [4.69, 9.17) is 4.74 Å². The molecule has 7 nitrogen and oxygen atoms in total. The molecule has 2 aromatic rings. The Morgan fingerprint density at radius 2 is 1.70 bits per heavy atom. The van der Waals surface area contributed by atoms with Gasteiger partial charge in [0.1, 0.15) is 12.4 Å². The highest BCUT2D eigenvalue weighted by molar-refractivity contribution is 7.91. The summed E-state index contributed by atoms with van der Waals surface area (Å²) in [5.41, 5.74) is 1.49. The number of hydrogen-bond donors (Lipinski definition) is 2. The van der Waals surface area contributed by atoms with Gasteiger partial charge in [-0.2, -0.15) is 0 Å². The highest BCUT2D eigenvalue weighted by Crippen LogP contribution is 2.17. The van der Waals surface area contributed by atoms with E-state index >= 15 is 0 Å². The second kappa shape index (κ2) is 8.22. The molecule has 0 spiro atoms. The van der Waals surface area contributed by atoms with Crippen LogP contribution < -0.4 is 15.4 Å². The zero-order chi connectivity index (χ0) is 19.3. The molecular formula is C19H20N2O5S. The van der Waals surface area contributed by atoms with Gasteiger partial charge in [-0.15, -0.1) is 0 Å². The van der Waals surface area contributed by atoms with Crippen LogP contribution in [-0.4, -0.2) is 37.8 Å². The van der Waals surface area contributed by atoms with E-state index in [1.165, 1.54) is 0 Å². The van der Waals surface area contributed by atoms with Crippen molar-refractivity contribution in [2.45, 2.75) is 19.1 Å². The molecule has 1 fully saturated rings. The van der Waals surface area contributed by atoms with Crippen LogP contribution in [0.1, 0.15) is 12.0 Å². The second-order valence-electron chi connectivity index (χ2n) is 6.33. The number of carbonyl (C=O) groups excluding carboxylic acids is 2. The monoisotopic (exact) mass is 388 g/mol.